The van der Waals surface area contributed by atoms with Crippen molar-refractivity contribution in [1.82, 2.24) is 0 Å². The molecule has 18 heteroatoms. The molecule has 0 aliphatic heterocycles. The Morgan fingerprint density at radius 3 is 0.695 bits per heavy atom. The maximum Gasteiger partial charge on any atom is 0.318 e. The van der Waals surface area contributed by atoms with Crippen LogP contribution in [0.15, 0.2) is 0 Å². The second-order valence-electron chi connectivity index (χ2n) is 31.4. The third kappa shape index (κ3) is 10.9. The van der Waals surface area contributed by atoms with Gasteiger partial charge in [-0.05, 0) is 246 Å². The first-order valence-electron chi connectivity index (χ1n) is 31.5. The molecule has 16 bridgehead atoms. The van der Waals surface area contributed by atoms with E-state index >= 15 is 0 Å². The van der Waals surface area contributed by atoms with Gasteiger partial charge in [-0.25, -0.2) is 8.78 Å². The van der Waals surface area contributed by atoms with Gasteiger partial charge in [0.1, 0.15) is 55.9 Å². The van der Waals surface area contributed by atoms with Gasteiger partial charge in [-0.15, -0.1) is 0 Å². The SMILES string of the molecule is CC(COC(=O)C(C)(COC(=O)C12CC3CC(CC(C3)C1)C2)COC(=O)C12CC3CC(CC(C3)C1)C2)(COC(=O)C(C)(COC(=O)C12CC3CC(CC(C3)C1)C2)COC(=O)C12CC3CC(CC(C3)C1)C2)C(=O)OCCC(F)(F)C(C)(F)F. The maximum absolute atomic E-state index is 14.8. The molecule has 0 N–H and O–H groups in total. The van der Waals surface area contributed by atoms with Crippen LogP contribution in [0.4, 0.5) is 17.6 Å². The average molecular weight is 1160 g/mol. The summed E-state index contributed by atoms with van der Waals surface area (Å²) in [4.78, 5) is 101. The zero-order chi connectivity index (χ0) is 58.0. The zero-order valence-electron chi connectivity index (χ0n) is 48.8. The fourth-order valence-corrected chi connectivity index (χ4v) is 20.9. The molecule has 16 aliphatic carbocycles. The van der Waals surface area contributed by atoms with Crippen LogP contribution in [0.3, 0.4) is 0 Å². The first kappa shape index (κ1) is 58.4. The standard InChI is InChI=1S/C64H88F4O14/c1-56(49(69)76-6-5-64(67,68)59(4,65)66,31-77-50(70)57(2,33-79-52(72)60-19-37-7-38(20-60)9-39(8-37)21-60)34-80-53(73)61-22-40-10-41(23-61)12-42(11-40)24-61)32-78-51(71)58(3,35-81-54(74)62-25-43-13-44(26-62)15-45(14-43)27-62)36-82-55(75)63-28-46-16-47(29-63)18-48(17-46)30-63/h37-48H,5-36H2,1-4H3. The number of carbonyl (C=O) groups is 7. The summed E-state index contributed by atoms with van der Waals surface area (Å²) in [5, 5.41) is 0. The van der Waals surface area contributed by atoms with Crippen molar-refractivity contribution in [3.05, 3.63) is 0 Å². The Morgan fingerprint density at radius 1 is 0.317 bits per heavy atom. The molecule has 16 fully saturated rings. The van der Waals surface area contributed by atoms with Crippen molar-refractivity contribution in [3.63, 3.8) is 0 Å². The molecular weight excluding hydrogens is 1070 g/mol. The van der Waals surface area contributed by atoms with Gasteiger partial charge in [0.25, 0.3) is 0 Å². The molecular formula is C64H88F4O14. The molecule has 0 unspecified atom stereocenters. The highest BCUT2D eigenvalue weighted by Crippen LogP contribution is 2.64. The molecule has 16 aliphatic rings. The molecule has 0 radical (unpaired) electrons. The van der Waals surface area contributed by atoms with Crippen LogP contribution in [0.25, 0.3) is 0 Å². The zero-order valence-corrected chi connectivity index (χ0v) is 48.8. The minimum Gasteiger partial charge on any atom is -0.465 e. The van der Waals surface area contributed by atoms with Crippen LogP contribution in [0.2, 0.25) is 0 Å². The predicted octanol–water partition coefficient (Wildman–Crippen LogP) is 11.4. The first-order valence-corrected chi connectivity index (χ1v) is 31.5. The van der Waals surface area contributed by atoms with Gasteiger partial charge in [0.15, 0.2) is 0 Å². The van der Waals surface area contributed by atoms with E-state index in [1.165, 1.54) is 20.8 Å². The molecule has 16 rings (SSSR count). The van der Waals surface area contributed by atoms with Gasteiger partial charge in [-0.1, -0.05) is 0 Å². The van der Waals surface area contributed by atoms with E-state index in [-0.39, 0.29) is 6.92 Å². The van der Waals surface area contributed by atoms with Gasteiger partial charge in [-0.2, -0.15) is 8.78 Å². The lowest BCUT2D eigenvalue weighted by Gasteiger charge is -2.55. The predicted molar refractivity (Wildman–Crippen MR) is 284 cm³/mol. The molecule has 0 saturated heterocycles. The van der Waals surface area contributed by atoms with Gasteiger partial charge in [0, 0.05) is 6.92 Å². The minimum atomic E-state index is -4.57. The van der Waals surface area contributed by atoms with Crippen LogP contribution in [0, 0.1) is 109 Å². The maximum atomic E-state index is 14.8. The number of hydrogen-bond acceptors (Lipinski definition) is 14. The van der Waals surface area contributed by atoms with Crippen molar-refractivity contribution in [1.29, 1.82) is 0 Å². The van der Waals surface area contributed by atoms with E-state index < -0.39 is 144 Å². The number of rotatable bonds is 23. The molecule has 456 valence electrons. The Balaban J connectivity index is 0.774. The number of hydrogen-bond donors (Lipinski definition) is 0. The third-order valence-electron chi connectivity index (χ3n) is 23.8. The molecule has 0 heterocycles. The van der Waals surface area contributed by atoms with Crippen molar-refractivity contribution in [3.8, 4) is 0 Å². The van der Waals surface area contributed by atoms with E-state index in [4.69, 9.17) is 33.2 Å². The van der Waals surface area contributed by atoms with Gasteiger partial charge in [0.05, 0.1) is 34.7 Å². The van der Waals surface area contributed by atoms with Crippen molar-refractivity contribution in [2.24, 2.45) is 109 Å². The summed E-state index contributed by atoms with van der Waals surface area (Å²) in [6, 6.07) is 0. The highest BCUT2D eigenvalue weighted by Gasteiger charge is 2.61. The quantitative estimate of drug-likeness (QED) is 0.0535. The molecule has 0 aromatic rings. The number of halogens is 4. The fraction of sp³-hybridized carbons (Fsp3) is 0.891. The second-order valence-corrected chi connectivity index (χ2v) is 31.4. The lowest BCUT2D eigenvalue weighted by molar-refractivity contribution is -0.208. The summed E-state index contributed by atoms with van der Waals surface area (Å²) < 4.78 is 98.7. The van der Waals surface area contributed by atoms with Crippen LogP contribution in [0.1, 0.15) is 188 Å². The molecule has 0 amide bonds. The lowest BCUT2D eigenvalue weighted by Crippen LogP contribution is -2.53. The number of alkyl halides is 4. The summed E-state index contributed by atoms with van der Waals surface area (Å²) in [5.74, 6) is -9.26. The van der Waals surface area contributed by atoms with Crippen LogP contribution >= 0.6 is 0 Å². The first-order chi connectivity index (χ1) is 38.6. The number of carbonyl (C=O) groups excluding carboxylic acids is 7. The van der Waals surface area contributed by atoms with Crippen molar-refractivity contribution in [2.75, 3.05) is 46.2 Å². The van der Waals surface area contributed by atoms with Crippen LogP contribution in [-0.2, 0) is 66.7 Å². The van der Waals surface area contributed by atoms with Crippen molar-refractivity contribution in [2.45, 2.75) is 200 Å². The number of esters is 7. The van der Waals surface area contributed by atoms with Crippen LogP contribution in [-0.4, -0.2) is 99.9 Å². The van der Waals surface area contributed by atoms with E-state index in [1.807, 2.05) is 0 Å². The van der Waals surface area contributed by atoms with E-state index in [9.17, 15) is 51.1 Å². The number of ether oxygens (including phenoxy) is 7. The van der Waals surface area contributed by atoms with Crippen LogP contribution in [0.5, 0.6) is 0 Å². The van der Waals surface area contributed by atoms with Gasteiger partial charge < -0.3 is 33.2 Å². The topological polar surface area (TPSA) is 184 Å². The Bertz CT molecular complexity index is 2140. The molecule has 0 spiro atoms. The van der Waals surface area contributed by atoms with Crippen molar-refractivity contribution < 1.29 is 84.3 Å². The molecule has 82 heavy (non-hydrogen) atoms. The Kier molecular flexibility index (Phi) is 14.9. The molecule has 0 aromatic carbocycles. The Hall–Kier alpha value is -3.99. The Morgan fingerprint density at radius 2 is 0.500 bits per heavy atom. The lowest BCUT2D eigenvalue weighted by atomic mass is 9.49. The largest absolute Gasteiger partial charge is 0.465 e. The van der Waals surface area contributed by atoms with E-state index in [0.717, 1.165) is 77.0 Å². The third-order valence-corrected chi connectivity index (χ3v) is 23.8. The van der Waals surface area contributed by atoms with Gasteiger partial charge >= 0.3 is 53.6 Å². The molecule has 0 aromatic heterocycles. The van der Waals surface area contributed by atoms with E-state index in [2.05, 4.69) is 0 Å². The van der Waals surface area contributed by atoms with Crippen LogP contribution < -0.4 is 0 Å². The minimum absolute atomic E-state index is 0.0491. The fourth-order valence-electron chi connectivity index (χ4n) is 20.9. The molecule has 14 nitrogen and oxygen atoms in total. The van der Waals surface area contributed by atoms with Crippen molar-refractivity contribution >= 4 is 41.8 Å². The highest BCUT2D eigenvalue weighted by atomic mass is 19.3. The van der Waals surface area contributed by atoms with Gasteiger partial charge in [-0.3, -0.25) is 33.6 Å². The summed E-state index contributed by atoms with van der Waals surface area (Å²) >= 11 is 0. The highest BCUT2D eigenvalue weighted by molar-refractivity contribution is 5.84. The van der Waals surface area contributed by atoms with Gasteiger partial charge in [0.2, 0.25) is 0 Å². The van der Waals surface area contributed by atoms with E-state index in [1.54, 1.807) is 0 Å². The van der Waals surface area contributed by atoms with E-state index in [0.29, 0.717) is 148 Å². The monoisotopic (exact) mass is 1160 g/mol. The summed E-state index contributed by atoms with van der Waals surface area (Å²) in [5.41, 5.74) is -8.69. The summed E-state index contributed by atoms with van der Waals surface area (Å²) in [6.07, 6.45) is 19.6. The molecule has 0 atom stereocenters. The smallest absolute Gasteiger partial charge is 0.318 e. The second kappa shape index (κ2) is 20.9. The molecule has 16 saturated carbocycles. The summed E-state index contributed by atoms with van der Waals surface area (Å²) in [7, 11) is 0. The normalized spacial score (nSPS) is 40.7. The summed E-state index contributed by atoms with van der Waals surface area (Å²) in [6.45, 7) is -1.10. The average Bonchev–Trinajstić information content (AvgIpc) is 3.31. The Labute approximate surface area is 479 Å².